The zero-order chi connectivity index (χ0) is 17.2. The number of ether oxygens (including phenoxy) is 1. The van der Waals surface area contributed by atoms with Crippen LogP contribution in [0.25, 0.3) is 10.9 Å². The van der Waals surface area contributed by atoms with Crippen LogP contribution in [0.3, 0.4) is 0 Å². The van der Waals surface area contributed by atoms with Crippen molar-refractivity contribution in [3.05, 3.63) is 40.4 Å². The first-order valence-electron chi connectivity index (χ1n) is 9.11. The number of aromatic amines is 1. The van der Waals surface area contributed by atoms with Crippen molar-refractivity contribution in [1.29, 1.82) is 0 Å². The van der Waals surface area contributed by atoms with Gasteiger partial charge in [0.2, 0.25) is 5.91 Å². The van der Waals surface area contributed by atoms with Crippen molar-refractivity contribution < 1.29 is 9.53 Å². The molecular weight excluding hydrogens is 318 g/mol. The van der Waals surface area contributed by atoms with Gasteiger partial charge in [-0.2, -0.15) is 0 Å². The van der Waals surface area contributed by atoms with E-state index in [1.165, 1.54) is 6.42 Å². The van der Waals surface area contributed by atoms with Crippen LogP contribution in [-0.2, 0) is 16.0 Å². The number of fused-ring (bicyclic) bond motifs is 2. The van der Waals surface area contributed by atoms with E-state index in [-0.39, 0.29) is 23.6 Å². The van der Waals surface area contributed by atoms with Gasteiger partial charge in [0.25, 0.3) is 5.56 Å². The van der Waals surface area contributed by atoms with E-state index >= 15 is 0 Å². The number of nitrogens with one attached hydrogen (secondary N) is 1. The predicted molar refractivity (Wildman–Crippen MR) is 94.4 cm³/mol. The summed E-state index contributed by atoms with van der Waals surface area (Å²) in [6, 6.07) is 7.48. The summed E-state index contributed by atoms with van der Waals surface area (Å²) in [4.78, 5) is 34.1. The molecule has 0 unspecified atom stereocenters. The summed E-state index contributed by atoms with van der Waals surface area (Å²) in [5, 5.41) is 0.579. The Bertz CT molecular complexity index is 830. The largest absolute Gasteiger partial charge is 0.374 e. The van der Waals surface area contributed by atoms with Crippen molar-refractivity contribution in [2.45, 2.75) is 50.7 Å². The van der Waals surface area contributed by atoms with Crippen LogP contribution >= 0.6 is 0 Å². The Kier molecular flexibility index (Phi) is 4.53. The topological polar surface area (TPSA) is 75.3 Å². The number of rotatable bonds is 3. The maximum atomic E-state index is 12.7. The van der Waals surface area contributed by atoms with Crippen LogP contribution in [0.2, 0.25) is 0 Å². The van der Waals surface area contributed by atoms with Crippen molar-refractivity contribution in [2.24, 2.45) is 0 Å². The number of nitrogens with zero attached hydrogens (tertiary/aromatic N) is 2. The Hall–Kier alpha value is -2.21. The maximum Gasteiger partial charge on any atom is 0.258 e. The number of morpholine rings is 1. The highest BCUT2D eigenvalue weighted by atomic mass is 16.5. The number of benzene rings is 1. The van der Waals surface area contributed by atoms with E-state index in [0.717, 1.165) is 19.3 Å². The molecular formula is C19H23N3O3. The summed E-state index contributed by atoms with van der Waals surface area (Å²) < 4.78 is 5.84. The summed E-state index contributed by atoms with van der Waals surface area (Å²) in [6.45, 7) is 1.29. The minimum absolute atomic E-state index is 0.135. The Morgan fingerprint density at radius 2 is 2.12 bits per heavy atom. The molecule has 1 saturated carbocycles. The van der Waals surface area contributed by atoms with E-state index in [1.807, 2.05) is 23.1 Å². The second-order valence-electron chi connectivity index (χ2n) is 6.88. The van der Waals surface area contributed by atoms with Crippen LogP contribution in [0.15, 0.2) is 29.1 Å². The molecule has 2 aromatic rings. The normalized spacial score (nSPS) is 23.4. The van der Waals surface area contributed by atoms with Crippen molar-refractivity contribution in [2.75, 3.05) is 13.2 Å². The molecule has 1 aliphatic carbocycles. The van der Waals surface area contributed by atoms with Gasteiger partial charge in [0, 0.05) is 19.4 Å². The Labute approximate surface area is 146 Å². The summed E-state index contributed by atoms with van der Waals surface area (Å²) in [5.74, 6) is 0.710. The predicted octanol–water partition coefficient (Wildman–Crippen LogP) is 2.03. The second kappa shape index (κ2) is 6.96. The van der Waals surface area contributed by atoms with Crippen molar-refractivity contribution in [3.8, 4) is 0 Å². The molecule has 1 saturated heterocycles. The summed E-state index contributed by atoms with van der Waals surface area (Å²) >= 11 is 0. The molecule has 0 bridgehead atoms. The number of para-hydroxylation sites is 1. The van der Waals surface area contributed by atoms with Gasteiger partial charge in [0.15, 0.2) is 0 Å². The van der Waals surface area contributed by atoms with Gasteiger partial charge >= 0.3 is 0 Å². The fourth-order valence-electron chi connectivity index (χ4n) is 4.03. The number of aryl methyl sites for hydroxylation is 1. The lowest BCUT2D eigenvalue weighted by molar-refractivity contribution is -0.149. The van der Waals surface area contributed by atoms with E-state index in [1.54, 1.807) is 6.07 Å². The summed E-state index contributed by atoms with van der Waals surface area (Å²) in [5.41, 5.74) is 0.527. The molecule has 6 nitrogen and oxygen atoms in total. The van der Waals surface area contributed by atoms with Gasteiger partial charge in [-0.3, -0.25) is 9.59 Å². The van der Waals surface area contributed by atoms with Crippen LogP contribution in [0.4, 0.5) is 0 Å². The molecule has 4 rings (SSSR count). The Morgan fingerprint density at radius 3 is 3.04 bits per heavy atom. The van der Waals surface area contributed by atoms with Gasteiger partial charge < -0.3 is 14.6 Å². The first kappa shape index (κ1) is 16.3. The van der Waals surface area contributed by atoms with Gasteiger partial charge in [-0.05, 0) is 25.0 Å². The molecule has 1 N–H and O–H groups in total. The third-order valence-electron chi connectivity index (χ3n) is 5.29. The molecule has 0 spiro atoms. The molecule has 132 valence electrons. The highest BCUT2D eigenvalue weighted by molar-refractivity contribution is 5.78. The minimum atomic E-state index is -0.147. The van der Waals surface area contributed by atoms with Crippen molar-refractivity contribution in [3.63, 3.8) is 0 Å². The number of amides is 1. The molecule has 2 heterocycles. The maximum absolute atomic E-state index is 12.7. The third kappa shape index (κ3) is 3.31. The smallest absolute Gasteiger partial charge is 0.258 e. The third-order valence-corrected chi connectivity index (χ3v) is 5.29. The van der Waals surface area contributed by atoms with Gasteiger partial charge in [-0.1, -0.05) is 25.0 Å². The number of carbonyl (C=O) groups excluding carboxylic acids is 1. The molecule has 25 heavy (non-hydrogen) atoms. The number of hydrogen-bond donors (Lipinski definition) is 1. The summed E-state index contributed by atoms with van der Waals surface area (Å²) in [7, 11) is 0. The monoisotopic (exact) mass is 341 g/mol. The van der Waals surface area contributed by atoms with Gasteiger partial charge in [-0.15, -0.1) is 0 Å². The van der Waals surface area contributed by atoms with E-state index in [0.29, 0.717) is 42.7 Å². The average Bonchev–Trinajstić information content (AvgIpc) is 2.66. The van der Waals surface area contributed by atoms with Crippen LogP contribution in [0, 0.1) is 0 Å². The highest BCUT2D eigenvalue weighted by Gasteiger charge is 2.36. The first-order chi connectivity index (χ1) is 12.2. The number of hydrogen-bond acceptors (Lipinski definition) is 4. The van der Waals surface area contributed by atoms with E-state index < -0.39 is 0 Å². The number of carbonyl (C=O) groups is 1. The van der Waals surface area contributed by atoms with E-state index in [4.69, 9.17) is 4.74 Å². The lowest BCUT2D eigenvalue weighted by atomic mass is 9.90. The number of H-pyrrole nitrogens is 1. The van der Waals surface area contributed by atoms with Crippen LogP contribution < -0.4 is 5.56 Å². The average molecular weight is 341 g/mol. The molecule has 0 radical (unpaired) electrons. The SMILES string of the molecule is O=C(CCc1nc2ccccc2c(=O)[nH]1)N1CCO[C@@H]2CCCC[C@@H]21. The standard InChI is InChI=1S/C19H23N3O3/c23-18(22-11-12-25-16-8-4-3-7-15(16)22)10-9-17-20-14-6-2-1-5-13(14)19(24)21-17/h1-2,5-6,15-16H,3-4,7-12H2,(H,20,21,24)/t15-,16+/m0/s1. The molecule has 1 aromatic carbocycles. The number of aromatic nitrogens is 2. The lowest BCUT2D eigenvalue weighted by Gasteiger charge is -2.43. The van der Waals surface area contributed by atoms with E-state index in [2.05, 4.69) is 9.97 Å². The Balaban J connectivity index is 1.45. The van der Waals surface area contributed by atoms with Crippen LogP contribution in [-0.4, -0.2) is 46.1 Å². The lowest BCUT2D eigenvalue weighted by Crippen LogP contribution is -2.54. The zero-order valence-electron chi connectivity index (χ0n) is 14.2. The first-order valence-corrected chi connectivity index (χ1v) is 9.11. The van der Waals surface area contributed by atoms with Gasteiger partial charge in [0.05, 0.1) is 29.7 Å². The van der Waals surface area contributed by atoms with E-state index in [9.17, 15) is 9.59 Å². The fourth-order valence-corrected chi connectivity index (χ4v) is 4.03. The van der Waals surface area contributed by atoms with Crippen molar-refractivity contribution >= 4 is 16.8 Å². The fraction of sp³-hybridized carbons (Fsp3) is 0.526. The van der Waals surface area contributed by atoms with Gasteiger partial charge in [-0.25, -0.2) is 4.98 Å². The van der Waals surface area contributed by atoms with Crippen LogP contribution in [0.1, 0.15) is 37.9 Å². The zero-order valence-corrected chi connectivity index (χ0v) is 14.2. The minimum Gasteiger partial charge on any atom is -0.374 e. The molecule has 2 fully saturated rings. The summed E-state index contributed by atoms with van der Waals surface area (Å²) in [6.07, 6.45) is 5.44. The highest BCUT2D eigenvalue weighted by Crippen LogP contribution is 2.28. The molecule has 2 aliphatic rings. The Morgan fingerprint density at radius 1 is 1.28 bits per heavy atom. The second-order valence-corrected chi connectivity index (χ2v) is 6.88. The van der Waals surface area contributed by atoms with Crippen molar-refractivity contribution in [1.82, 2.24) is 14.9 Å². The molecule has 1 aromatic heterocycles. The molecule has 6 heteroatoms. The molecule has 1 amide bonds. The molecule has 2 atom stereocenters. The van der Waals surface area contributed by atoms with Crippen LogP contribution in [0.5, 0.6) is 0 Å². The quantitative estimate of drug-likeness (QED) is 0.927. The van der Waals surface area contributed by atoms with Gasteiger partial charge in [0.1, 0.15) is 5.82 Å². The molecule has 1 aliphatic heterocycles.